The van der Waals surface area contributed by atoms with Gasteiger partial charge in [-0.15, -0.1) is 0 Å². The fraction of sp³-hybridized carbons (Fsp3) is 0.500. The Morgan fingerprint density at radius 2 is 2.00 bits per heavy atom. The second-order valence-electron chi connectivity index (χ2n) is 11.7. The first-order valence-electron chi connectivity index (χ1n) is 15.3. The maximum atomic E-state index is 12.3. The first-order chi connectivity index (χ1) is 20.6. The summed E-state index contributed by atoms with van der Waals surface area (Å²) >= 11 is 0. The molecular weight excluding hydrogens is 530 g/mol. The van der Waals surface area contributed by atoms with Gasteiger partial charge in [0.15, 0.2) is 0 Å². The average Bonchev–Trinajstić information content (AvgIpc) is 3.66. The van der Waals surface area contributed by atoms with E-state index in [1.807, 2.05) is 28.2 Å². The number of ether oxygens (including phenoxy) is 2. The highest BCUT2D eigenvalue weighted by Gasteiger charge is 2.30. The smallest absolute Gasteiger partial charge is 0.219 e. The normalized spacial score (nSPS) is 18.5. The summed E-state index contributed by atoms with van der Waals surface area (Å²) in [5, 5.41) is 15.3. The number of aromatic nitrogens is 5. The quantitative estimate of drug-likeness (QED) is 0.359. The summed E-state index contributed by atoms with van der Waals surface area (Å²) in [4.78, 5) is 19.1. The summed E-state index contributed by atoms with van der Waals surface area (Å²) in [5.41, 5.74) is 6.32. The Labute approximate surface area is 246 Å². The molecule has 7 rings (SSSR count). The number of hydrogen-bond donors (Lipinski definition) is 1. The third-order valence-electron chi connectivity index (χ3n) is 8.98. The number of hydrogen-bond acceptors (Lipinski definition) is 7. The molecule has 3 aliphatic rings. The van der Waals surface area contributed by atoms with Crippen LogP contribution in [0.5, 0.6) is 0 Å². The van der Waals surface area contributed by atoms with Gasteiger partial charge in [0.05, 0.1) is 42.9 Å². The first-order valence-corrected chi connectivity index (χ1v) is 15.3. The topological polar surface area (TPSA) is 99.3 Å². The molecule has 0 radical (unpaired) electrons. The van der Waals surface area contributed by atoms with Crippen molar-refractivity contribution in [3.05, 3.63) is 54.1 Å². The molecule has 220 valence electrons. The van der Waals surface area contributed by atoms with E-state index in [0.717, 1.165) is 110 Å². The fourth-order valence-corrected chi connectivity index (χ4v) is 6.59. The van der Waals surface area contributed by atoms with Gasteiger partial charge in [-0.05, 0) is 50.2 Å². The van der Waals surface area contributed by atoms with Crippen molar-refractivity contribution < 1.29 is 14.3 Å². The van der Waals surface area contributed by atoms with E-state index in [1.165, 1.54) is 5.69 Å². The molecule has 4 aromatic rings. The van der Waals surface area contributed by atoms with Crippen molar-refractivity contribution in [2.24, 2.45) is 0 Å². The largest absolute Gasteiger partial charge is 0.381 e. The molecule has 42 heavy (non-hydrogen) atoms. The number of nitrogens with zero attached hydrogens (tertiary/aromatic N) is 6. The van der Waals surface area contributed by atoms with Crippen molar-refractivity contribution in [2.45, 2.75) is 64.3 Å². The minimum atomic E-state index is 0.105. The number of fused-ring (bicyclic) bond motifs is 2. The standard InChI is InChI=1S/C32H39N7O3/c1-22(40)37-12-7-31-29(21-37)32(36-39(31)25-8-14-41-15-9-25)27-4-2-3-23-17-30(34-19-28(23)27)24-18-35-38(20-24)13-16-42-26-5-10-33-11-6-26/h2-4,17-20,25-26,33H,5-16,21H2,1H3. The molecule has 1 N–H and O–H groups in total. The van der Waals surface area contributed by atoms with E-state index in [9.17, 15) is 4.79 Å². The van der Waals surface area contributed by atoms with Crippen molar-refractivity contribution in [1.82, 2.24) is 34.8 Å². The lowest BCUT2D eigenvalue weighted by Crippen LogP contribution is -2.35. The molecule has 0 unspecified atom stereocenters. The summed E-state index contributed by atoms with van der Waals surface area (Å²) in [6.45, 7) is 7.94. The van der Waals surface area contributed by atoms with Crippen LogP contribution >= 0.6 is 0 Å². The molecular formula is C32H39N7O3. The van der Waals surface area contributed by atoms with Gasteiger partial charge in [-0.2, -0.15) is 10.2 Å². The zero-order valence-corrected chi connectivity index (χ0v) is 24.3. The molecule has 10 nitrogen and oxygen atoms in total. The Morgan fingerprint density at radius 3 is 2.83 bits per heavy atom. The number of benzene rings is 1. The Morgan fingerprint density at radius 1 is 1.14 bits per heavy atom. The highest BCUT2D eigenvalue weighted by Crippen LogP contribution is 2.37. The minimum absolute atomic E-state index is 0.105. The molecule has 2 fully saturated rings. The van der Waals surface area contributed by atoms with Crippen LogP contribution < -0.4 is 5.32 Å². The maximum Gasteiger partial charge on any atom is 0.219 e. The van der Waals surface area contributed by atoms with Gasteiger partial charge in [-0.25, -0.2) is 0 Å². The Kier molecular flexibility index (Phi) is 7.75. The molecule has 0 atom stereocenters. The van der Waals surface area contributed by atoms with Gasteiger partial charge < -0.3 is 19.7 Å². The SMILES string of the molecule is CC(=O)N1CCc2c(c(-c3cccc4cc(-c5cnn(CCOC6CCNCC6)c5)ncc34)nn2C2CCOCC2)C1. The van der Waals surface area contributed by atoms with Gasteiger partial charge in [-0.3, -0.25) is 19.1 Å². The van der Waals surface area contributed by atoms with Crippen LogP contribution in [0.15, 0.2) is 42.9 Å². The molecule has 2 saturated heterocycles. The van der Waals surface area contributed by atoms with Crippen molar-refractivity contribution in [3.63, 3.8) is 0 Å². The van der Waals surface area contributed by atoms with E-state index in [0.29, 0.717) is 25.3 Å². The predicted octanol–water partition coefficient (Wildman–Crippen LogP) is 3.99. The molecule has 6 heterocycles. The number of pyridine rings is 1. The van der Waals surface area contributed by atoms with Crippen LogP contribution in [0.2, 0.25) is 0 Å². The number of piperidine rings is 1. The molecule has 1 amide bonds. The highest BCUT2D eigenvalue weighted by atomic mass is 16.5. The van der Waals surface area contributed by atoms with Crippen LogP contribution in [0.1, 0.15) is 49.9 Å². The number of nitrogens with one attached hydrogen (secondary N) is 1. The second kappa shape index (κ2) is 11.9. The molecule has 1 aromatic carbocycles. The van der Waals surface area contributed by atoms with Crippen molar-refractivity contribution in [2.75, 3.05) is 39.5 Å². The summed E-state index contributed by atoms with van der Waals surface area (Å²) in [6, 6.07) is 8.81. The summed E-state index contributed by atoms with van der Waals surface area (Å²) in [6.07, 6.45) is 11.1. The Hall–Kier alpha value is -3.60. The zero-order chi connectivity index (χ0) is 28.5. The minimum Gasteiger partial charge on any atom is -0.381 e. The summed E-state index contributed by atoms with van der Waals surface area (Å²) < 4.78 is 15.9. The van der Waals surface area contributed by atoms with E-state index in [-0.39, 0.29) is 5.91 Å². The molecule has 0 spiro atoms. The van der Waals surface area contributed by atoms with E-state index in [4.69, 9.17) is 19.6 Å². The third-order valence-corrected chi connectivity index (χ3v) is 8.98. The molecule has 0 aliphatic carbocycles. The first kappa shape index (κ1) is 27.2. The lowest BCUT2D eigenvalue weighted by molar-refractivity contribution is -0.129. The van der Waals surface area contributed by atoms with Crippen LogP contribution in [0.4, 0.5) is 0 Å². The lowest BCUT2D eigenvalue weighted by atomic mass is 9.96. The molecule has 0 bridgehead atoms. The zero-order valence-electron chi connectivity index (χ0n) is 24.3. The van der Waals surface area contributed by atoms with Crippen LogP contribution in [0.25, 0.3) is 33.3 Å². The Bertz CT molecular complexity index is 1570. The van der Waals surface area contributed by atoms with Crippen LogP contribution in [-0.4, -0.2) is 80.9 Å². The van der Waals surface area contributed by atoms with Gasteiger partial charge in [0, 0.05) is 79.8 Å². The van der Waals surface area contributed by atoms with E-state index < -0.39 is 0 Å². The van der Waals surface area contributed by atoms with E-state index in [2.05, 4.69) is 39.4 Å². The molecule has 0 saturated carbocycles. The second-order valence-corrected chi connectivity index (χ2v) is 11.7. The molecule has 3 aromatic heterocycles. The van der Waals surface area contributed by atoms with E-state index in [1.54, 1.807) is 6.92 Å². The molecule has 3 aliphatic heterocycles. The van der Waals surface area contributed by atoms with Gasteiger partial charge in [0.2, 0.25) is 5.91 Å². The monoisotopic (exact) mass is 569 g/mol. The Balaban J connectivity index is 1.17. The third kappa shape index (κ3) is 5.46. The molecule has 10 heteroatoms. The highest BCUT2D eigenvalue weighted by molar-refractivity contribution is 5.97. The number of amides is 1. The average molecular weight is 570 g/mol. The van der Waals surface area contributed by atoms with Gasteiger partial charge in [-0.1, -0.05) is 18.2 Å². The van der Waals surface area contributed by atoms with Gasteiger partial charge >= 0.3 is 0 Å². The number of rotatable bonds is 7. The van der Waals surface area contributed by atoms with Crippen molar-refractivity contribution in [1.29, 1.82) is 0 Å². The van der Waals surface area contributed by atoms with E-state index >= 15 is 0 Å². The number of carbonyl (C=O) groups is 1. The van der Waals surface area contributed by atoms with Crippen LogP contribution in [-0.2, 0) is 33.8 Å². The number of carbonyl (C=O) groups excluding carboxylic acids is 1. The predicted molar refractivity (Wildman–Crippen MR) is 160 cm³/mol. The lowest BCUT2D eigenvalue weighted by Gasteiger charge is -2.29. The maximum absolute atomic E-state index is 12.3. The fourth-order valence-electron chi connectivity index (χ4n) is 6.59. The van der Waals surface area contributed by atoms with Gasteiger partial charge in [0.25, 0.3) is 0 Å². The van der Waals surface area contributed by atoms with Crippen molar-refractivity contribution >= 4 is 16.7 Å². The summed E-state index contributed by atoms with van der Waals surface area (Å²) in [7, 11) is 0. The van der Waals surface area contributed by atoms with Gasteiger partial charge in [0.1, 0.15) is 0 Å². The van der Waals surface area contributed by atoms with Crippen LogP contribution in [0.3, 0.4) is 0 Å². The van der Waals surface area contributed by atoms with Crippen molar-refractivity contribution in [3.8, 4) is 22.5 Å². The summed E-state index contributed by atoms with van der Waals surface area (Å²) in [5.74, 6) is 0.105. The van der Waals surface area contributed by atoms with Crippen LogP contribution in [0, 0.1) is 0 Å².